The number of fused-ring (bicyclic) bond motifs is 2. The molecule has 15 heavy (non-hydrogen) atoms. The van der Waals surface area contributed by atoms with E-state index in [1.807, 2.05) is 0 Å². The molecule has 2 bridgehead atoms. The van der Waals surface area contributed by atoms with Crippen LogP contribution in [-0.4, -0.2) is 35.2 Å². The minimum atomic E-state index is 0.0260. The number of aliphatic hydroxyl groups excluding tert-OH is 1. The number of likely N-dealkylation sites (tertiary alicyclic amines) is 1. The average Bonchev–Trinajstić information content (AvgIpc) is 2.70. The highest BCUT2D eigenvalue weighted by atomic mass is 16.3. The molecular weight excluding hydrogens is 186 g/mol. The quantitative estimate of drug-likeness (QED) is 0.714. The first-order valence-corrected chi connectivity index (χ1v) is 6.78. The maximum Gasteiger partial charge on any atom is 0.0611 e. The summed E-state index contributed by atoms with van der Waals surface area (Å²) in [5, 5.41) is 10.3. The van der Waals surface area contributed by atoms with E-state index in [1.165, 1.54) is 58.0 Å². The highest BCUT2D eigenvalue weighted by Gasteiger charge is 2.43. The lowest BCUT2D eigenvalue weighted by molar-refractivity contribution is -0.0580. The first-order valence-electron chi connectivity index (χ1n) is 6.78. The van der Waals surface area contributed by atoms with Crippen LogP contribution in [0.2, 0.25) is 0 Å². The van der Waals surface area contributed by atoms with Gasteiger partial charge in [0.05, 0.1) is 6.10 Å². The minimum absolute atomic E-state index is 0.0260. The van der Waals surface area contributed by atoms with Crippen LogP contribution in [0.3, 0.4) is 0 Å². The molecule has 0 spiro atoms. The van der Waals surface area contributed by atoms with Gasteiger partial charge < -0.3 is 10.0 Å². The Bertz CT molecular complexity index is 225. The Hall–Kier alpha value is -0.0800. The fraction of sp³-hybridized carbons (Fsp3) is 1.00. The van der Waals surface area contributed by atoms with Gasteiger partial charge in [0.2, 0.25) is 0 Å². The topological polar surface area (TPSA) is 23.5 Å². The smallest absolute Gasteiger partial charge is 0.0611 e. The first kappa shape index (κ1) is 10.1. The number of hydrogen-bond acceptors (Lipinski definition) is 2. The molecule has 3 fully saturated rings. The van der Waals surface area contributed by atoms with Crippen LogP contribution in [0.1, 0.15) is 44.9 Å². The molecule has 86 valence electrons. The fourth-order valence-electron chi connectivity index (χ4n) is 4.17. The molecule has 2 aliphatic carbocycles. The van der Waals surface area contributed by atoms with E-state index < -0.39 is 0 Å². The number of nitrogens with zero attached hydrogens (tertiary/aromatic N) is 1. The molecule has 1 aliphatic heterocycles. The molecule has 3 rings (SSSR count). The minimum Gasteiger partial charge on any atom is -0.392 e. The predicted molar refractivity (Wildman–Crippen MR) is 60.7 cm³/mol. The lowest BCUT2D eigenvalue weighted by atomic mass is 9.67. The molecule has 4 atom stereocenters. The third kappa shape index (κ3) is 1.72. The Balaban J connectivity index is 1.73. The van der Waals surface area contributed by atoms with E-state index in [0.717, 1.165) is 6.04 Å². The van der Waals surface area contributed by atoms with Crippen molar-refractivity contribution in [3.8, 4) is 0 Å². The van der Waals surface area contributed by atoms with E-state index in [4.69, 9.17) is 0 Å². The molecule has 0 radical (unpaired) electrons. The van der Waals surface area contributed by atoms with Gasteiger partial charge in [-0.1, -0.05) is 6.42 Å². The Morgan fingerprint density at radius 1 is 0.867 bits per heavy atom. The van der Waals surface area contributed by atoms with E-state index in [2.05, 4.69) is 4.90 Å². The van der Waals surface area contributed by atoms with Crippen molar-refractivity contribution >= 4 is 0 Å². The largest absolute Gasteiger partial charge is 0.392 e. The SMILES string of the molecule is O[C@H]1[C@H]2CCC[C@H]1[C@@H](N1CCCC1)CC2. The lowest BCUT2D eigenvalue weighted by Crippen LogP contribution is -2.51. The molecule has 0 aromatic heterocycles. The van der Waals surface area contributed by atoms with Crippen molar-refractivity contribution in [1.29, 1.82) is 0 Å². The second-order valence-corrected chi connectivity index (χ2v) is 5.73. The van der Waals surface area contributed by atoms with Gasteiger partial charge in [-0.15, -0.1) is 0 Å². The second-order valence-electron chi connectivity index (χ2n) is 5.73. The third-order valence-corrected chi connectivity index (χ3v) is 4.97. The van der Waals surface area contributed by atoms with Crippen molar-refractivity contribution < 1.29 is 5.11 Å². The van der Waals surface area contributed by atoms with Gasteiger partial charge in [0.15, 0.2) is 0 Å². The summed E-state index contributed by atoms with van der Waals surface area (Å²) >= 11 is 0. The molecule has 0 amide bonds. The third-order valence-electron chi connectivity index (χ3n) is 4.97. The van der Waals surface area contributed by atoms with E-state index in [-0.39, 0.29) is 6.10 Å². The van der Waals surface area contributed by atoms with Crippen molar-refractivity contribution in [1.82, 2.24) is 4.90 Å². The zero-order valence-electron chi connectivity index (χ0n) is 9.57. The van der Waals surface area contributed by atoms with Crippen LogP contribution in [0.25, 0.3) is 0 Å². The van der Waals surface area contributed by atoms with Crippen molar-refractivity contribution in [3.05, 3.63) is 0 Å². The van der Waals surface area contributed by atoms with Crippen LogP contribution < -0.4 is 0 Å². The molecule has 2 heteroatoms. The molecular formula is C13H23NO. The predicted octanol–water partition coefficient (Wildman–Crippen LogP) is 2.02. The number of hydrogen-bond donors (Lipinski definition) is 1. The monoisotopic (exact) mass is 209 g/mol. The summed E-state index contributed by atoms with van der Waals surface area (Å²) in [6, 6.07) is 0.721. The van der Waals surface area contributed by atoms with Gasteiger partial charge in [0, 0.05) is 12.0 Å². The van der Waals surface area contributed by atoms with Crippen LogP contribution in [0.4, 0.5) is 0 Å². The van der Waals surface area contributed by atoms with Crippen molar-refractivity contribution in [2.45, 2.75) is 57.1 Å². The summed E-state index contributed by atoms with van der Waals surface area (Å²) in [5.74, 6) is 1.25. The molecule has 1 heterocycles. The van der Waals surface area contributed by atoms with Crippen LogP contribution in [0, 0.1) is 11.8 Å². The zero-order chi connectivity index (χ0) is 10.3. The normalized spacial score (nSPS) is 47.0. The van der Waals surface area contributed by atoms with E-state index in [0.29, 0.717) is 11.8 Å². The summed E-state index contributed by atoms with van der Waals surface area (Å²) < 4.78 is 0. The summed E-state index contributed by atoms with van der Waals surface area (Å²) in [7, 11) is 0. The van der Waals surface area contributed by atoms with Gasteiger partial charge in [-0.05, 0) is 57.5 Å². The summed E-state index contributed by atoms with van der Waals surface area (Å²) in [6.07, 6.45) is 9.33. The number of aliphatic hydroxyl groups is 1. The highest BCUT2D eigenvalue weighted by molar-refractivity contribution is 4.96. The van der Waals surface area contributed by atoms with Crippen molar-refractivity contribution in [2.75, 3.05) is 13.1 Å². The number of rotatable bonds is 1. The van der Waals surface area contributed by atoms with Gasteiger partial charge in [0.25, 0.3) is 0 Å². The van der Waals surface area contributed by atoms with E-state index in [9.17, 15) is 5.11 Å². The van der Waals surface area contributed by atoms with Gasteiger partial charge in [0.1, 0.15) is 0 Å². The fourth-order valence-corrected chi connectivity index (χ4v) is 4.17. The zero-order valence-corrected chi connectivity index (χ0v) is 9.57. The summed E-state index contributed by atoms with van der Waals surface area (Å²) in [6.45, 7) is 2.58. The maximum absolute atomic E-state index is 10.3. The standard InChI is InChI=1S/C13H23NO/c15-13-10-4-3-5-11(13)12(7-6-10)14-8-1-2-9-14/h10-13,15H,1-9H2/t10-,11-,12-,13-/m0/s1. The molecule has 0 aromatic carbocycles. The lowest BCUT2D eigenvalue weighted by Gasteiger charge is -2.47. The molecule has 0 unspecified atom stereocenters. The second kappa shape index (κ2) is 4.06. The molecule has 3 aliphatic rings. The maximum atomic E-state index is 10.3. The first-order chi connectivity index (χ1) is 7.36. The molecule has 2 saturated carbocycles. The van der Waals surface area contributed by atoms with Crippen molar-refractivity contribution in [3.63, 3.8) is 0 Å². The highest BCUT2D eigenvalue weighted by Crippen LogP contribution is 2.42. The van der Waals surface area contributed by atoms with Crippen molar-refractivity contribution in [2.24, 2.45) is 11.8 Å². The molecule has 2 nitrogen and oxygen atoms in total. The van der Waals surface area contributed by atoms with E-state index in [1.54, 1.807) is 0 Å². The van der Waals surface area contributed by atoms with Crippen LogP contribution in [0.15, 0.2) is 0 Å². The Morgan fingerprint density at radius 3 is 2.47 bits per heavy atom. The Kier molecular flexibility index (Phi) is 2.73. The van der Waals surface area contributed by atoms with Crippen LogP contribution in [0.5, 0.6) is 0 Å². The van der Waals surface area contributed by atoms with Gasteiger partial charge in [-0.25, -0.2) is 0 Å². The summed E-state index contributed by atoms with van der Waals surface area (Å²) in [4.78, 5) is 2.66. The Labute approximate surface area is 92.7 Å². The van der Waals surface area contributed by atoms with Gasteiger partial charge >= 0.3 is 0 Å². The molecule has 0 aromatic rings. The van der Waals surface area contributed by atoms with Gasteiger partial charge in [-0.3, -0.25) is 0 Å². The van der Waals surface area contributed by atoms with Crippen LogP contribution >= 0.6 is 0 Å². The molecule has 1 saturated heterocycles. The Morgan fingerprint density at radius 2 is 1.67 bits per heavy atom. The molecule has 1 N–H and O–H groups in total. The summed E-state index contributed by atoms with van der Waals surface area (Å²) in [5.41, 5.74) is 0. The van der Waals surface area contributed by atoms with Gasteiger partial charge in [-0.2, -0.15) is 0 Å². The average molecular weight is 209 g/mol. The van der Waals surface area contributed by atoms with Crippen LogP contribution in [-0.2, 0) is 0 Å². The van der Waals surface area contributed by atoms with E-state index >= 15 is 0 Å².